The van der Waals surface area contributed by atoms with Gasteiger partial charge in [-0.15, -0.1) is 0 Å². The Morgan fingerprint density at radius 2 is 1.75 bits per heavy atom. The molecule has 0 amide bonds. The van der Waals surface area contributed by atoms with Crippen molar-refractivity contribution in [1.82, 2.24) is 4.72 Å². The summed E-state index contributed by atoms with van der Waals surface area (Å²) < 4.78 is 39.9. The molecule has 28 heavy (non-hydrogen) atoms. The van der Waals surface area contributed by atoms with Gasteiger partial charge in [-0.1, -0.05) is 32.0 Å². The molecule has 152 valence electrons. The van der Waals surface area contributed by atoms with Crippen LogP contribution >= 0.6 is 0 Å². The largest absolute Gasteiger partial charge is 0.493 e. The third-order valence-electron chi connectivity index (χ3n) is 7.36. The van der Waals surface area contributed by atoms with Crippen LogP contribution in [0.1, 0.15) is 50.7 Å². The third-order valence-corrected chi connectivity index (χ3v) is 8.87. The van der Waals surface area contributed by atoms with Crippen molar-refractivity contribution in [2.24, 2.45) is 17.3 Å². The molecule has 2 aliphatic carbocycles. The Balaban J connectivity index is 1.42. The molecular formula is C21H30BNO4S. The van der Waals surface area contributed by atoms with Crippen molar-refractivity contribution in [3.63, 3.8) is 0 Å². The normalized spacial score (nSPS) is 36.1. The molecule has 0 unspecified atom stereocenters. The summed E-state index contributed by atoms with van der Waals surface area (Å²) in [7, 11) is -3.44. The molecule has 2 aliphatic heterocycles. The van der Waals surface area contributed by atoms with Crippen LogP contribution in [-0.2, 0) is 32.2 Å². The SMILES string of the molecule is CC1(C)COB(c2ccc3c(c2)C[C@@H]2CC[C@H](C3)[C@]23CCCS(=O)(=O)N3)OC1. The molecule has 5 rings (SSSR count). The van der Waals surface area contributed by atoms with Gasteiger partial charge in [0, 0.05) is 24.2 Å². The lowest BCUT2D eigenvalue weighted by Gasteiger charge is -2.42. The van der Waals surface area contributed by atoms with Gasteiger partial charge in [0.15, 0.2) is 0 Å². The van der Waals surface area contributed by atoms with Crippen molar-refractivity contribution >= 4 is 22.6 Å². The van der Waals surface area contributed by atoms with Gasteiger partial charge in [0.2, 0.25) is 10.0 Å². The zero-order valence-corrected chi connectivity index (χ0v) is 17.7. The first-order valence-electron chi connectivity index (χ1n) is 10.6. The van der Waals surface area contributed by atoms with Crippen molar-refractivity contribution in [3.8, 4) is 0 Å². The smallest absolute Gasteiger partial charge is 0.407 e. The second-order valence-electron chi connectivity index (χ2n) is 10.1. The van der Waals surface area contributed by atoms with Crippen LogP contribution in [0.25, 0.3) is 0 Å². The molecule has 1 N–H and O–H groups in total. The highest BCUT2D eigenvalue weighted by molar-refractivity contribution is 7.89. The molecule has 3 atom stereocenters. The van der Waals surface area contributed by atoms with Crippen LogP contribution in [0.2, 0.25) is 0 Å². The first-order valence-corrected chi connectivity index (χ1v) is 12.3. The van der Waals surface area contributed by atoms with Crippen molar-refractivity contribution in [2.75, 3.05) is 19.0 Å². The van der Waals surface area contributed by atoms with Crippen molar-refractivity contribution in [1.29, 1.82) is 0 Å². The Labute approximate surface area is 168 Å². The highest BCUT2D eigenvalue weighted by Crippen LogP contribution is 2.50. The summed E-state index contributed by atoms with van der Waals surface area (Å²) in [6.45, 7) is 5.71. The minimum Gasteiger partial charge on any atom is -0.407 e. The zero-order valence-electron chi connectivity index (χ0n) is 16.9. The van der Waals surface area contributed by atoms with Crippen molar-refractivity contribution in [2.45, 2.75) is 57.9 Å². The Morgan fingerprint density at radius 1 is 1.07 bits per heavy atom. The van der Waals surface area contributed by atoms with E-state index in [0.717, 1.165) is 44.0 Å². The van der Waals surface area contributed by atoms with E-state index in [1.165, 1.54) is 11.1 Å². The molecule has 1 spiro atoms. The minimum absolute atomic E-state index is 0.0614. The molecule has 7 heteroatoms. The summed E-state index contributed by atoms with van der Waals surface area (Å²) >= 11 is 0. The van der Waals surface area contributed by atoms with Gasteiger partial charge in [-0.3, -0.25) is 0 Å². The van der Waals surface area contributed by atoms with Crippen molar-refractivity contribution in [3.05, 3.63) is 29.3 Å². The number of sulfonamides is 1. The lowest BCUT2D eigenvalue weighted by molar-refractivity contribution is 0.0343. The second kappa shape index (κ2) is 6.56. The fourth-order valence-electron chi connectivity index (χ4n) is 5.94. The number of fused-ring (bicyclic) bond motifs is 1. The number of benzene rings is 1. The Hall–Kier alpha value is -0.885. The van der Waals surface area contributed by atoms with E-state index < -0.39 is 10.0 Å². The average molecular weight is 403 g/mol. The first kappa shape index (κ1) is 19.1. The molecular weight excluding hydrogens is 373 g/mol. The van der Waals surface area contributed by atoms with E-state index in [4.69, 9.17) is 9.31 Å². The number of hydrogen-bond donors (Lipinski definition) is 1. The Kier molecular flexibility index (Phi) is 4.47. The Morgan fingerprint density at radius 3 is 2.43 bits per heavy atom. The van der Waals surface area contributed by atoms with E-state index in [-0.39, 0.29) is 23.8 Å². The standard InChI is InChI=1S/C21H30BNO4S/c1-20(2)13-26-22(27-14-20)19-7-4-15-10-17-5-6-18(11-16(15)12-19)21(17)8-3-9-28(24,25)23-21/h4,7,12,17-18,23H,3,5-6,8-11,13-14H2,1-2H3/t17-,18+,21-/m1/s1. The second-order valence-corrected chi connectivity index (χ2v) is 11.9. The quantitative estimate of drug-likeness (QED) is 0.729. The fraction of sp³-hybridized carbons (Fsp3) is 0.714. The van der Waals surface area contributed by atoms with Crippen LogP contribution in [-0.4, -0.2) is 40.0 Å². The summed E-state index contributed by atoms with van der Waals surface area (Å²) in [5.41, 5.74) is 3.64. The molecule has 1 aromatic rings. The van der Waals surface area contributed by atoms with Crippen LogP contribution < -0.4 is 10.2 Å². The Bertz CT molecular complexity index is 876. The molecule has 3 fully saturated rings. The fourth-order valence-corrected chi connectivity index (χ4v) is 7.58. The predicted octanol–water partition coefficient (Wildman–Crippen LogP) is 2.03. The molecule has 5 nitrogen and oxygen atoms in total. The summed E-state index contributed by atoms with van der Waals surface area (Å²) in [6.07, 6.45) is 5.91. The lowest BCUT2D eigenvalue weighted by Crippen LogP contribution is -2.58. The molecule has 2 bridgehead atoms. The van der Waals surface area contributed by atoms with Crippen LogP contribution in [0.15, 0.2) is 18.2 Å². The molecule has 2 saturated heterocycles. The van der Waals surface area contributed by atoms with Gasteiger partial charge in [0.25, 0.3) is 0 Å². The number of hydrogen-bond acceptors (Lipinski definition) is 4. The molecule has 1 aromatic carbocycles. The summed E-state index contributed by atoms with van der Waals surface area (Å²) in [6, 6.07) is 6.62. The van der Waals surface area contributed by atoms with Gasteiger partial charge in [-0.05, 0) is 67.0 Å². The van der Waals surface area contributed by atoms with Crippen LogP contribution in [0.5, 0.6) is 0 Å². The number of rotatable bonds is 1. The van der Waals surface area contributed by atoms with E-state index in [9.17, 15) is 8.42 Å². The molecule has 0 radical (unpaired) electrons. The van der Waals surface area contributed by atoms with E-state index in [1.807, 2.05) is 0 Å². The lowest BCUT2D eigenvalue weighted by atomic mass is 9.74. The third kappa shape index (κ3) is 3.24. The van der Waals surface area contributed by atoms with E-state index in [0.29, 0.717) is 25.0 Å². The molecule has 2 heterocycles. The monoisotopic (exact) mass is 403 g/mol. The van der Waals surface area contributed by atoms with Gasteiger partial charge in [0.1, 0.15) is 0 Å². The molecule has 4 aliphatic rings. The van der Waals surface area contributed by atoms with Crippen LogP contribution in [0.4, 0.5) is 0 Å². The molecule has 1 saturated carbocycles. The van der Waals surface area contributed by atoms with Gasteiger partial charge >= 0.3 is 7.12 Å². The van der Waals surface area contributed by atoms with E-state index in [1.54, 1.807) is 0 Å². The van der Waals surface area contributed by atoms with Crippen LogP contribution in [0, 0.1) is 17.3 Å². The maximum Gasteiger partial charge on any atom is 0.493 e. The number of nitrogens with one attached hydrogen (secondary N) is 1. The van der Waals surface area contributed by atoms with E-state index in [2.05, 4.69) is 36.8 Å². The summed E-state index contributed by atoms with van der Waals surface area (Å²) in [5.74, 6) is 1.07. The van der Waals surface area contributed by atoms with Gasteiger partial charge in [0.05, 0.1) is 5.75 Å². The maximum atomic E-state index is 12.4. The highest BCUT2D eigenvalue weighted by Gasteiger charge is 2.54. The van der Waals surface area contributed by atoms with Crippen LogP contribution in [0.3, 0.4) is 0 Å². The average Bonchev–Trinajstić information content (AvgIpc) is 2.84. The highest BCUT2D eigenvalue weighted by atomic mass is 32.2. The van der Waals surface area contributed by atoms with Gasteiger partial charge in [-0.2, -0.15) is 0 Å². The van der Waals surface area contributed by atoms with Gasteiger partial charge < -0.3 is 9.31 Å². The summed E-state index contributed by atoms with van der Waals surface area (Å²) in [4.78, 5) is 0. The van der Waals surface area contributed by atoms with E-state index >= 15 is 0 Å². The topological polar surface area (TPSA) is 64.6 Å². The minimum atomic E-state index is -3.15. The maximum absolute atomic E-state index is 12.4. The summed E-state index contributed by atoms with van der Waals surface area (Å²) in [5, 5.41) is 0. The van der Waals surface area contributed by atoms with Crippen molar-refractivity contribution < 1.29 is 17.7 Å². The first-order chi connectivity index (χ1) is 13.3. The van der Waals surface area contributed by atoms with Gasteiger partial charge in [-0.25, -0.2) is 13.1 Å². The zero-order chi connectivity index (χ0) is 19.6. The molecule has 0 aromatic heterocycles. The predicted molar refractivity (Wildman–Crippen MR) is 110 cm³/mol.